The molecule has 4 rings (SSSR count). The van der Waals surface area contributed by atoms with Crippen LogP contribution in [0.5, 0.6) is 0 Å². The van der Waals surface area contributed by atoms with Gasteiger partial charge in [-0.2, -0.15) is 0 Å². The van der Waals surface area contributed by atoms with Crippen LogP contribution in [0, 0.1) is 11.6 Å². The molecule has 1 aliphatic heterocycles. The SMILES string of the molecule is O=C(NCc1cccc(Cl)c1)c1cnc(NCCO)nc1C1CCN(C(=O)Cc2c(F)cccc2F)CC1. The van der Waals surface area contributed by atoms with Gasteiger partial charge in [-0.15, -0.1) is 0 Å². The van der Waals surface area contributed by atoms with E-state index in [0.717, 1.165) is 17.7 Å². The first kappa shape index (κ1) is 27.4. The van der Waals surface area contributed by atoms with E-state index < -0.39 is 11.6 Å². The summed E-state index contributed by atoms with van der Waals surface area (Å²) in [6.07, 6.45) is 2.12. The van der Waals surface area contributed by atoms with Crippen molar-refractivity contribution in [3.63, 3.8) is 0 Å². The number of amides is 2. The Kier molecular flexibility index (Phi) is 9.19. The molecule has 1 fully saturated rings. The Morgan fingerprint density at radius 3 is 2.50 bits per heavy atom. The van der Waals surface area contributed by atoms with Gasteiger partial charge < -0.3 is 20.6 Å². The molecule has 1 aliphatic rings. The van der Waals surface area contributed by atoms with Gasteiger partial charge in [0.2, 0.25) is 11.9 Å². The highest BCUT2D eigenvalue weighted by Crippen LogP contribution is 2.30. The summed E-state index contributed by atoms with van der Waals surface area (Å²) in [6.45, 7) is 1.12. The smallest absolute Gasteiger partial charge is 0.254 e. The van der Waals surface area contributed by atoms with Crippen LogP contribution in [-0.2, 0) is 17.8 Å². The minimum absolute atomic E-state index is 0.107. The number of likely N-dealkylation sites (tertiary alicyclic amines) is 1. The van der Waals surface area contributed by atoms with Crippen molar-refractivity contribution in [1.29, 1.82) is 0 Å². The van der Waals surface area contributed by atoms with Crippen LogP contribution in [0.2, 0.25) is 5.02 Å². The van der Waals surface area contributed by atoms with Gasteiger partial charge in [0.25, 0.3) is 5.91 Å². The number of aliphatic hydroxyl groups excluding tert-OH is 1. The molecule has 2 heterocycles. The Balaban J connectivity index is 1.46. The van der Waals surface area contributed by atoms with Crippen LogP contribution < -0.4 is 10.6 Å². The zero-order valence-electron chi connectivity index (χ0n) is 20.6. The van der Waals surface area contributed by atoms with Crippen LogP contribution in [-0.4, -0.2) is 58.0 Å². The quantitative estimate of drug-likeness (QED) is 0.380. The maximum atomic E-state index is 14.0. The van der Waals surface area contributed by atoms with E-state index in [4.69, 9.17) is 16.7 Å². The van der Waals surface area contributed by atoms with Gasteiger partial charge in [-0.05, 0) is 42.7 Å². The molecule has 0 atom stereocenters. The van der Waals surface area contributed by atoms with Crippen LogP contribution in [0.4, 0.5) is 14.7 Å². The van der Waals surface area contributed by atoms with Gasteiger partial charge >= 0.3 is 0 Å². The monoisotopic (exact) mass is 543 g/mol. The second kappa shape index (κ2) is 12.7. The van der Waals surface area contributed by atoms with Gasteiger partial charge in [0, 0.05) is 48.9 Å². The molecule has 2 aromatic carbocycles. The lowest BCUT2D eigenvalue weighted by molar-refractivity contribution is -0.131. The van der Waals surface area contributed by atoms with Crippen molar-refractivity contribution in [3.05, 3.63) is 87.7 Å². The number of anilines is 1. The minimum atomic E-state index is -0.745. The Morgan fingerprint density at radius 1 is 1.11 bits per heavy atom. The highest BCUT2D eigenvalue weighted by molar-refractivity contribution is 6.30. The van der Waals surface area contributed by atoms with Gasteiger partial charge in [0.05, 0.1) is 24.3 Å². The fraction of sp³-hybridized carbons (Fsp3) is 0.333. The number of carbonyl (C=O) groups is 2. The summed E-state index contributed by atoms with van der Waals surface area (Å²) in [4.78, 5) is 36.2. The summed E-state index contributed by atoms with van der Waals surface area (Å²) < 4.78 is 28.0. The molecule has 1 aromatic heterocycles. The molecular formula is C27H28ClF2N5O3. The Morgan fingerprint density at radius 2 is 1.82 bits per heavy atom. The average molecular weight is 544 g/mol. The molecule has 2 amide bonds. The number of aromatic nitrogens is 2. The van der Waals surface area contributed by atoms with Gasteiger partial charge in [-0.3, -0.25) is 9.59 Å². The predicted octanol–water partition coefficient (Wildman–Crippen LogP) is 3.69. The number of halogens is 3. The largest absolute Gasteiger partial charge is 0.395 e. The van der Waals surface area contributed by atoms with Crippen LogP contribution in [0.1, 0.15) is 45.9 Å². The van der Waals surface area contributed by atoms with Crippen LogP contribution in [0.3, 0.4) is 0 Å². The van der Waals surface area contributed by atoms with Crippen LogP contribution >= 0.6 is 11.6 Å². The molecule has 38 heavy (non-hydrogen) atoms. The average Bonchev–Trinajstić information content (AvgIpc) is 2.92. The van der Waals surface area contributed by atoms with E-state index in [-0.39, 0.29) is 55.4 Å². The number of hydrogen-bond acceptors (Lipinski definition) is 6. The molecule has 0 bridgehead atoms. The van der Waals surface area contributed by atoms with Gasteiger partial charge in [-0.1, -0.05) is 29.8 Å². The number of carbonyl (C=O) groups excluding carboxylic acids is 2. The molecule has 3 N–H and O–H groups in total. The molecule has 0 spiro atoms. The number of piperidine rings is 1. The molecule has 8 nitrogen and oxygen atoms in total. The van der Waals surface area contributed by atoms with Gasteiger partial charge in [-0.25, -0.2) is 18.7 Å². The Bertz CT molecular complexity index is 1280. The van der Waals surface area contributed by atoms with E-state index in [1.807, 2.05) is 6.07 Å². The number of aliphatic hydroxyl groups is 1. The van der Waals surface area contributed by atoms with Crippen LogP contribution in [0.15, 0.2) is 48.7 Å². The van der Waals surface area contributed by atoms with Gasteiger partial charge in [0.15, 0.2) is 0 Å². The molecule has 11 heteroatoms. The predicted molar refractivity (Wildman–Crippen MR) is 139 cm³/mol. The summed E-state index contributed by atoms with van der Waals surface area (Å²) in [6, 6.07) is 10.7. The third kappa shape index (κ3) is 6.81. The molecule has 3 aromatic rings. The molecule has 0 unspecified atom stereocenters. The summed E-state index contributed by atoms with van der Waals surface area (Å²) in [5.74, 6) is -2.05. The Hall–Kier alpha value is -3.63. The molecular weight excluding hydrogens is 516 g/mol. The zero-order chi connectivity index (χ0) is 27.1. The highest BCUT2D eigenvalue weighted by Gasteiger charge is 2.29. The first-order chi connectivity index (χ1) is 18.4. The van der Waals surface area contributed by atoms with Crippen molar-refractivity contribution >= 4 is 29.4 Å². The standard InChI is InChI=1S/C27H28ClF2N5O3/c28-19-4-1-3-17(13-19)15-32-26(38)21-16-33-27(31-9-12-36)34-25(21)18-7-10-35(11-8-18)24(37)14-20-22(29)5-2-6-23(20)30/h1-6,13,16,18,36H,7-12,14-15H2,(H,32,38)(H,31,33,34). The maximum absolute atomic E-state index is 14.0. The van der Waals surface area contributed by atoms with Crippen LogP contribution in [0.25, 0.3) is 0 Å². The highest BCUT2D eigenvalue weighted by atomic mass is 35.5. The van der Waals surface area contributed by atoms with Gasteiger partial charge in [0.1, 0.15) is 11.6 Å². The zero-order valence-corrected chi connectivity index (χ0v) is 21.3. The topological polar surface area (TPSA) is 107 Å². The second-order valence-corrected chi connectivity index (χ2v) is 9.42. The van der Waals surface area contributed by atoms with E-state index in [0.29, 0.717) is 42.2 Å². The number of nitrogens with zero attached hydrogens (tertiary/aromatic N) is 3. The van der Waals surface area contributed by atoms with E-state index in [9.17, 15) is 18.4 Å². The van der Waals surface area contributed by atoms with Crippen molar-refractivity contribution in [3.8, 4) is 0 Å². The lowest BCUT2D eigenvalue weighted by Gasteiger charge is -2.32. The molecule has 1 saturated heterocycles. The van der Waals surface area contributed by atoms with Crippen molar-refractivity contribution < 1.29 is 23.5 Å². The van der Waals surface area contributed by atoms with E-state index in [1.165, 1.54) is 12.3 Å². The lowest BCUT2D eigenvalue weighted by atomic mass is 9.90. The summed E-state index contributed by atoms with van der Waals surface area (Å²) in [7, 11) is 0. The summed E-state index contributed by atoms with van der Waals surface area (Å²) in [5, 5.41) is 15.5. The first-order valence-corrected chi connectivity index (χ1v) is 12.7. The van der Waals surface area contributed by atoms with Crippen molar-refractivity contribution in [1.82, 2.24) is 20.2 Å². The fourth-order valence-corrected chi connectivity index (χ4v) is 4.64. The van der Waals surface area contributed by atoms with E-state index in [1.54, 1.807) is 23.1 Å². The molecule has 200 valence electrons. The van der Waals surface area contributed by atoms with E-state index >= 15 is 0 Å². The third-order valence-electron chi connectivity index (χ3n) is 6.42. The molecule has 0 radical (unpaired) electrons. The second-order valence-electron chi connectivity index (χ2n) is 8.99. The number of rotatable bonds is 9. The van der Waals surface area contributed by atoms with Crippen molar-refractivity contribution in [2.45, 2.75) is 31.7 Å². The first-order valence-electron chi connectivity index (χ1n) is 12.3. The number of benzene rings is 2. The van der Waals surface area contributed by atoms with E-state index in [2.05, 4.69) is 20.6 Å². The van der Waals surface area contributed by atoms with Crippen molar-refractivity contribution in [2.24, 2.45) is 0 Å². The third-order valence-corrected chi connectivity index (χ3v) is 6.66. The Labute approximate surface area is 224 Å². The lowest BCUT2D eigenvalue weighted by Crippen LogP contribution is -2.39. The molecule has 0 saturated carbocycles. The fourth-order valence-electron chi connectivity index (χ4n) is 4.43. The summed E-state index contributed by atoms with van der Waals surface area (Å²) in [5.41, 5.74) is 1.46. The minimum Gasteiger partial charge on any atom is -0.395 e. The summed E-state index contributed by atoms with van der Waals surface area (Å²) >= 11 is 6.04. The maximum Gasteiger partial charge on any atom is 0.254 e. The molecule has 0 aliphatic carbocycles. The van der Waals surface area contributed by atoms with Crippen molar-refractivity contribution in [2.75, 3.05) is 31.6 Å². The number of hydrogen-bond donors (Lipinski definition) is 3. The normalized spacial score (nSPS) is 13.8. The number of nitrogens with one attached hydrogen (secondary N) is 2.